The number of anilines is 2. The standard InChI is InChI=1S/C20H26N4O3/c1-26-14-9-21-16-7-8-22-17(15-16)20(25)24-12-10-23(11-13-24)18-5-3-4-6-19(18)27-2/h3-8,15H,9-14H2,1-2H3,(H,21,22). The van der Waals surface area contributed by atoms with Gasteiger partial charge in [-0.3, -0.25) is 9.78 Å². The van der Waals surface area contributed by atoms with Crippen LogP contribution in [0.15, 0.2) is 42.6 Å². The maximum absolute atomic E-state index is 12.8. The Bertz CT molecular complexity index is 760. The Morgan fingerprint density at radius 2 is 1.93 bits per heavy atom. The van der Waals surface area contributed by atoms with Crippen molar-refractivity contribution in [1.82, 2.24) is 9.88 Å². The fourth-order valence-electron chi connectivity index (χ4n) is 3.16. The predicted octanol–water partition coefficient (Wildman–Crippen LogP) is 2.11. The van der Waals surface area contributed by atoms with E-state index in [9.17, 15) is 4.79 Å². The van der Waals surface area contributed by atoms with E-state index in [1.165, 1.54) is 0 Å². The summed E-state index contributed by atoms with van der Waals surface area (Å²) in [6.07, 6.45) is 1.66. The molecule has 144 valence electrons. The van der Waals surface area contributed by atoms with Crippen LogP contribution in [0, 0.1) is 0 Å². The summed E-state index contributed by atoms with van der Waals surface area (Å²) in [4.78, 5) is 21.2. The largest absolute Gasteiger partial charge is 0.495 e. The molecule has 0 atom stereocenters. The number of nitrogens with one attached hydrogen (secondary N) is 1. The van der Waals surface area contributed by atoms with Gasteiger partial charge in [0.2, 0.25) is 0 Å². The van der Waals surface area contributed by atoms with Gasteiger partial charge < -0.3 is 24.6 Å². The van der Waals surface area contributed by atoms with Gasteiger partial charge >= 0.3 is 0 Å². The lowest BCUT2D eigenvalue weighted by Crippen LogP contribution is -2.49. The van der Waals surface area contributed by atoms with Crippen LogP contribution in [-0.4, -0.2) is 69.3 Å². The molecule has 1 aromatic heterocycles. The molecule has 0 bridgehead atoms. The molecule has 1 amide bonds. The van der Waals surface area contributed by atoms with Gasteiger partial charge in [0.15, 0.2) is 0 Å². The van der Waals surface area contributed by atoms with E-state index in [2.05, 4.69) is 15.2 Å². The number of hydrogen-bond donors (Lipinski definition) is 1. The van der Waals surface area contributed by atoms with Crippen molar-refractivity contribution >= 4 is 17.3 Å². The van der Waals surface area contributed by atoms with Crippen molar-refractivity contribution in [2.24, 2.45) is 0 Å². The lowest BCUT2D eigenvalue weighted by Gasteiger charge is -2.36. The fraction of sp³-hybridized carbons (Fsp3) is 0.400. The molecule has 27 heavy (non-hydrogen) atoms. The summed E-state index contributed by atoms with van der Waals surface area (Å²) < 4.78 is 10.5. The van der Waals surface area contributed by atoms with E-state index in [0.717, 1.165) is 30.2 Å². The van der Waals surface area contributed by atoms with Gasteiger partial charge in [-0.2, -0.15) is 0 Å². The van der Waals surface area contributed by atoms with Gasteiger partial charge in [-0.15, -0.1) is 0 Å². The Morgan fingerprint density at radius 1 is 1.15 bits per heavy atom. The average molecular weight is 370 g/mol. The number of nitrogens with zero attached hydrogens (tertiary/aromatic N) is 3. The molecule has 1 aromatic carbocycles. The summed E-state index contributed by atoms with van der Waals surface area (Å²) in [6, 6.07) is 11.6. The molecule has 3 rings (SSSR count). The molecule has 0 unspecified atom stereocenters. The number of hydrogen-bond acceptors (Lipinski definition) is 6. The van der Waals surface area contributed by atoms with Crippen molar-refractivity contribution in [3.63, 3.8) is 0 Å². The highest BCUT2D eigenvalue weighted by Gasteiger charge is 2.24. The predicted molar refractivity (Wildman–Crippen MR) is 106 cm³/mol. The SMILES string of the molecule is COCCNc1ccnc(C(=O)N2CCN(c3ccccc3OC)CC2)c1. The topological polar surface area (TPSA) is 66.9 Å². The van der Waals surface area contributed by atoms with Crippen molar-refractivity contribution in [1.29, 1.82) is 0 Å². The number of carbonyl (C=O) groups excluding carboxylic acids is 1. The average Bonchev–Trinajstić information content (AvgIpc) is 2.74. The number of amides is 1. The number of carbonyl (C=O) groups is 1. The van der Waals surface area contributed by atoms with Crippen LogP contribution in [0.5, 0.6) is 5.75 Å². The van der Waals surface area contributed by atoms with E-state index in [0.29, 0.717) is 31.9 Å². The molecule has 7 heteroatoms. The van der Waals surface area contributed by atoms with Crippen LogP contribution < -0.4 is 15.0 Å². The van der Waals surface area contributed by atoms with Crippen LogP contribution in [0.3, 0.4) is 0 Å². The van der Waals surface area contributed by atoms with E-state index in [4.69, 9.17) is 9.47 Å². The van der Waals surface area contributed by atoms with Gasteiger partial charge in [0.25, 0.3) is 5.91 Å². The van der Waals surface area contributed by atoms with E-state index in [1.54, 1.807) is 26.5 Å². The summed E-state index contributed by atoms with van der Waals surface area (Å²) >= 11 is 0. The second-order valence-electron chi connectivity index (χ2n) is 6.30. The van der Waals surface area contributed by atoms with E-state index in [-0.39, 0.29) is 5.91 Å². The van der Waals surface area contributed by atoms with Crippen LogP contribution in [-0.2, 0) is 4.74 Å². The van der Waals surface area contributed by atoms with Crippen LogP contribution >= 0.6 is 0 Å². The number of benzene rings is 1. The highest BCUT2D eigenvalue weighted by molar-refractivity contribution is 5.93. The molecule has 1 N–H and O–H groups in total. The van der Waals surface area contributed by atoms with Gasteiger partial charge in [0.05, 0.1) is 19.4 Å². The summed E-state index contributed by atoms with van der Waals surface area (Å²) in [7, 11) is 3.34. The summed E-state index contributed by atoms with van der Waals surface area (Å²) in [5.74, 6) is 0.818. The van der Waals surface area contributed by atoms with Gasteiger partial charge in [-0.25, -0.2) is 0 Å². The first-order valence-electron chi connectivity index (χ1n) is 9.09. The minimum absolute atomic E-state index is 0.0370. The number of rotatable bonds is 7. The number of pyridine rings is 1. The third-order valence-corrected chi connectivity index (χ3v) is 4.61. The minimum atomic E-state index is -0.0370. The lowest BCUT2D eigenvalue weighted by atomic mass is 10.2. The fourth-order valence-corrected chi connectivity index (χ4v) is 3.16. The van der Waals surface area contributed by atoms with E-state index >= 15 is 0 Å². The zero-order chi connectivity index (χ0) is 19.1. The van der Waals surface area contributed by atoms with Gasteiger partial charge in [0, 0.05) is 51.7 Å². The number of aromatic nitrogens is 1. The lowest BCUT2D eigenvalue weighted by molar-refractivity contribution is 0.0741. The zero-order valence-electron chi connectivity index (χ0n) is 15.9. The maximum atomic E-state index is 12.8. The first-order chi connectivity index (χ1) is 13.2. The van der Waals surface area contributed by atoms with Crippen molar-refractivity contribution in [2.75, 3.05) is 63.8 Å². The molecule has 1 saturated heterocycles. The molecule has 2 heterocycles. The van der Waals surface area contributed by atoms with Gasteiger partial charge in [-0.1, -0.05) is 12.1 Å². The van der Waals surface area contributed by atoms with Crippen molar-refractivity contribution in [2.45, 2.75) is 0 Å². The molecule has 1 aliphatic heterocycles. The second-order valence-corrected chi connectivity index (χ2v) is 6.30. The molecular formula is C20H26N4O3. The molecule has 2 aromatic rings. The van der Waals surface area contributed by atoms with E-state index < -0.39 is 0 Å². The first kappa shape index (κ1) is 19.0. The van der Waals surface area contributed by atoms with Gasteiger partial charge in [-0.05, 0) is 24.3 Å². The minimum Gasteiger partial charge on any atom is -0.495 e. The normalized spacial score (nSPS) is 14.1. The molecule has 7 nitrogen and oxygen atoms in total. The number of methoxy groups -OCH3 is 2. The first-order valence-corrected chi connectivity index (χ1v) is 9.09. The Labute approximate surface area is 159 Å². The Hall–Kier alpha value is -2.80. The van der Waals surface area contributed by atoms with Crippen LogP contribution in [0.25, 0.3) is 0 Å². The zero-order valence-corrected chi connectivity index (χ0v) is 15.9. The van der Waals surface area contributed by atoms with E-state index in [1.807, 2.05) is 35.2 Å². The summed E-state index contributed by atoms with van der Waals surface area (Å²) in [5, 5.41) is 3.23. The van der Waals surface area contributed by atoms with Crippen LogP contribution in [0.1, 0.15) is 10.5 Å². The quantitative estimate of drug-likeness (QED) is 0.753. The maximum Gasteiger partial charge on any atom is 0.272 e. The molecule has 0 aliphatic carbocycles. The monoisotopic (exact) mass is 370 g/mol. The molecule has 1 aliphatic rings. The number of ether oxygens (including phenoxy) is 2. The van der Waals surface area contributed by atoms with Crippen molar-refractivity contribution in [3.8, 4) is 5.75 Å². The molecule has 0 radical (unpaired) electrons. The molecular weight excluding hydrogens is 344 g/mol. The Balaban J connectivity index is 1.61. The third-order valence-electron chi connectivity index (χ3n) is 4.61. The summed E-state index contributed by atoms with van der Waals surface area (Å²) in [6.45, 7) is 4.12. The van der Waals surface area contributed by atoms with Gasteiger partial charge in [0.1, 0.15) is 11.4 Å². The molecule has 1 fully saturated rings. The van der Waals surface area contributed by atoms with Crippen LogP contribution in [0.2, 0.25) is 0 Å². The van der Waals surface area contributed by atoms with Crippen molar-refractivity contribution in [3.05, 3.63) is 48.3 Å². The molecule has 0 spiro atoms. The second kappa shape index (κ2) is 9.23. The Morgan fingerprint density at radius 3 is 2.67 bits per heavy atom. The number of para-hydroxylation sites is 2. The summed E-state index contributed by atoms with van der Waals surface area (Å²) in [5.41, 5.74) is 2.40. The highest BCUT2D eigenvalue weighted by atomic mass is 16.5. The molecule has 0 saturated carbocycles. The van der Waals surface area contributed by atoms with Crippen molar-refractivity contribution < 1.29 is 14.3 Å². The Kier molecular flexibility index (Phi) is 6.49. The third kappa shape index (κ3) is 4.68. The smallest absolute Gasteiger partial charge is 0.272 e. The highest BCUT2D eigenvalue weighted by Crippen LogP contribution is 2.28. The van der Waals surface area contributed by atoms with Crippen LogP contribution in [0.4, 0.5) is 11.4 Å². The number of piperazine rings is 1.